The summed E-state index contributed by atoms with van der Waals surface area (Å²) < 4.78 is 5.30. The molecule has 1 atom stereocenters. The van der Waals surface area contributed by atoms with Gasteiger partial charge in [0.25, 0.3) is 0 Å². The average Bonchev–Trinajstić information content (AvgIpc) is 2.62. The number of rotatable bonds is 4. The van der Waals surface area contributed by atoms with Gasteiger partial charge in [-0.15, -0.1) is 0 Å². The van der Waals surface area contributed by atoms with Gasteiger partial charge in [0.15, 0.2) is 5.11 Å². The van der Waals surface area contributed by atoms with E-state index in [9.17, 15) is 4.79 Å². The predicted octanol–water partition coefficient (Wildman–Crippen LogP) is 3.83. The molecule has 6 heteroatoms. The fourth-order valence-corrected chi connectivity index (χ4v) is 3.08. The highest BCUT2D eigenvalue weighted by Gasteiger charge is 2.32. The van der Waals surface area contributed by atoms with E-state index in [1.54, 1.807) is 19.1 Å². The number of benzene rings is 2. The summed E-state index contributed by atoms with van der Waals surface area (Å²) in [5.74, 6) is -0.385. The van der Waals surface area contributed by atoms with Gasteiger partial charge < -0.3 is 15.4 Å². The zero-order valence-corrected chi connectivity index (χ0v) is 15.2. The molecule has 1 aliphatic heterocycles. The molecule has 128 valence electrons. The van der Waals surface area contributed by atoms with Crippen molar-refractivity contribution >= 4 is 40.6 Å². The first kappa shape index (κ1) is 17.5. The monoisotopic (exact) mass is 372 g/mol. The number of esters is 1. The number of carbonyl (C=O) groups is 1. The van der Waals surface area contributed by atoms with Crippen LogP contribution in [-0.2, 0) is 9.53 Å². The Labute approximate surface area is 156 Å². The SMILES string of the molecule is CCOC(=O)C1=C(c2ccccc2)NC(=S)N[C@H]1c1ccc(Cl)cc1. The molecule has 0 fully saturated rings. The lowest BCUT2D eigenvalue weighted by Gasteiger charge is -2.31. The number of ether oxygens (including phenoxy) is 1. The van der Waals surface area contributed by atoms with Gasteiger partial charge in [-0.05, 0) is 42.4 Å². The van der Waals surface area contributed by atoms with Gasteiger partial charge in [0.2, 0.25) is 0 Å². The Kier molecular flexibility index (Phi) is 5.36. The van der Waals surface area contributed by atoms with Crippen LogP contribution in [0.5, 0.6) is 0 Å². The Hall–Kier alpha value is -2.37. The van der Waals surface area contributed by atoms with Gasteiger partial charge in [-0.1, -0.05) is 54.1 Å². The summed E-state index contributed by atoms with van der Waals surface area (Å²) in [6.07, 6.45) is 0. The Balaban J connectivity index is 2.16. The predicted molar refractivity (Wildman–Crippen MR) is 103 cm³/mol. The minimum Gasteiger partial charge on any atom is -0.463 e. The zero-order valence-electron chi connectivity index (χ0n) is 13.6. The smallest absolute Gasteiger partial charge is 0.338 e. The summed E-state index contributed by atoms with van der Waals surface area (Å²) in [7, 11) is 0. The molecule has 0 aromatic heterocycles. The molecule has 1 aliphatic rings. The van der Waals surface area contributed by atoms with Crippen molar-refractivity contribution in [1.82, 2.24) is 10.6 Å². The molecule has 2 aromatic rings. The Morgan fingerprint density at radius 3 is 2.48 bits per heavy atom. The maximum Gasteiger partial charge on any atom is 0.338 e. The molecule has 0 bridgehead atoms. The number of carbonyl (C=O) groups excluding carboxylic acids is 1. The van der Waals surface area contributed by atoms with Gasteiger partial charge in [-0.2, -0.15) is 0 Å². The van der Waals surface area contributed by atoms with Crippen molar-refractivity contribution in [2.24, 2.45) is 0 Å². The molecule has 0 saturated carbocycles. The second-order valence-electron chi connectivity index (χ2n) is 5.46. The van der Waals surface area contributed by atoms with Crippen molar-refractivity contribution in [3.05, 3.63) is 76.3 Å². The molecule has 0 aliphatic carbocycles. The topological polar surface area (TPSA) is 50.4 Å². The molecule has 25 heavy (non-hydrogen) atoms. The molecule has 1 heterocycles. The summed E-state index contributed by atoms with van der Waals surface area (Å²) in [6, 6.07) is 16.5. The molecule has 0 spiro atoms. The van der Waals surface area contributed by atoms with E-state index >= 15 is 0 Å². The lowest BCUT2D eigenvalue weighted by atomic mass is 9.93. The van der Waals surface area contributed by atoms with Crippen molar-refractivity contribution in [2.75, 3.05) is 6.61 Å². The molecule has 3 rings (SSSR count). The summed E-state index contributed by atoms with van der Waals surface area (Å²) in [6.45, 7) is 2.08. The minimum atomic E-state index is -0.416. The highest BCUT2D eigenvalue weighted by Crippen LogP contribution is 2.32. The second-order valence-corrected chi connectivity index (χ2v) is 6.30. The van der Waals surface area contributed by atoms with Gasteiger partial charge in [0, 0.05) is 5.02 Å². The van der Waals surface area contributed by atoms with E-state index in [1.807, 2.05) is 42.5 Å². The van der Waals surface area contributed by atoms with E-state index in [-0.39, 0.29) is 5.97 Å². The maximum atomic E-state index is 12.7. The van der Waals surface area contributed by atoms with Crippen LogP contribution < -0.4 is 10.6 Å². The molecular weight excluding hydrogens is 356 g/mol. The number of thiocarbonyl (C=S) groups is 1. The van der Waals surface area contributed by atoms with Gasteiger partial charge in [-0.25, -0.2) is 4.79 Å². The average molecular weight is 373 g/mol. The number of halogens is 1. The van der Waals surface area contributed by atoms with E-state index < -0.39 is 6.04 Å². The third-order valence-electron chi connectivity index (χ3n) is 3.83. The third-order valence-corrected chi connectivity index (χ3v) is 4.31. The molecule has 0 radical (unpaired) electrons. The second kappa shape index (κ2) is 7.68. The van der Waals surface area contributed by atoms with E-state index in [4.69, 9.17) is 28.6 Å². The maximum absolute atomic E-state index is 12.7. The van der Waals surface area contributed by atoms with E-state index in [1.165, 1.54) is 0 Å². The van der Waals surface area contributed by atoms with E-state index in [2.05, 4.69) is 10.6 Å². The Morgan fingerprint density at radius 2 is 1.84 bits per heavy atom. The normalized spacial score (nSPS) is 16.9. The van der Waals surface area contributed by atoms with Crippen LogP contribution in [0.4, 0.5) is 0 Å². The van der Waals surface area contributed by atoms with Crippen molar-refractivity contribution in [2.45, 2.75) is 13.0 Å². The van der Waals surface area contributed by atoms with Crippen molar-refractivity contribution < 1.29 is 9.53 Å². The number of hydrogen-bond acceptors (Lipinski definition) is 3. The van der Waals surface area contributed by atoms with Crippen LogP contribution in [0.15, 0.2) is 60.2 Å². The van der Waals surface area contributed by atoms with Gasteiger partial charge in [0.1, 0.15) is 0 Å². The largest absolute Gasteiger partial charge is 0.463 e. The first-order chi connectivity index (χ1) is 12.1. The molecule has 2 N–H and O–H groups in total. The molecular formula is C19H17ClN2O2S. The number of nitrogens with one attached hydrogen (secondary N) is 2. The molecule has 0 saturated heterocycles. The molecule has 0 unspecified atom stereocenters. The highest BCUT2D eigenvalue weighted by molar-refractivity contribution is 7.80. The molecule has 2 aromatic carbocycles. The molecule has 0 amide bonds. The first-order valence-corrected chi connectivity index (χ1v) is 8.68. The summed E-state index contributed by atoms with van der Waals surface area (Å²) in [5.41, 5.74) is 2.89. The highest BCUT2D eigenvalue weighted by atomic mass is 35.5. The lowest BCUT2D eigenvalue weighted by molar-refractivity contribution is -0.138. The lowest BCUT2D eigenvalue weighted by Crippen LogP contribution is -2.45. The van der Waals surface area contributed by atoms with Gasteiger partial charge in [-0.3, -0.25) is 0 Å². The van der Waals surface area contributed by atoms with Gasteiger partial charge >= 0.3 is 5.97 Å². The van der Waals surface area contributed by atoms with Crippen LogP contribution in [0, 0.1) is 0 Å². The minimum absolute atomic E-state index is 0.294. The summed E-state index contributed by atoms with van der Waals surface area (Å²) >= 11 is 11.3. The van der Waals surface area contributed by atoms with Crippen LogP contribution in [0.1, 0.15) is 24.1 Å². The van der Waals surface area contributed by atoms with Crippen LogP contribution in [0.25, 0.3) is 5.70 Å². The van der Waals surface area contributed by atoms with E-state index in [0.29, 0.717) is 28.0 Å². The quantitative estimate of drug-likeness (QED) is 0.631. The molecule has 4 nitrogen and oxygen atoms in total. The first-order valence-electron chi connectivity index (χ1n) is 7.90. The van der Waals surface area contributed by atoms with Crippen molar-refractivity contribution in [3.63, 3.8) is 0 Å². The van der Waals surface area contributed by atoms with Crippen molar-refractivity contribution in [3.8, 4) is 0 Å². The number of hydrogen-bond donors (Lipinski definition) is 2. The Bertz CT molecular complexity index is 819. The van der Waals surface area contributed by atoms with Crippen LogP contribution in [0.3, 0.4) is 0 Å². The summed E-state index contributed by atoms with van der Waals surface area (Å²) in [5, 5.41) is 7.35. The van der Waals surface area contributed by atoms with Crippen molar-refractivity contribution in [1.29, 1.82) is 0 Å². The van der Waals surface area contributed by atoms with Crippen LogP contribution in [-0.4, -0.2) is 17.7 Å². The Morgan fingerprint density at radius 1 is 1.16 bits per heavy atom. The third kappa shape index (κ3) is 3.83. The van der Waals surface area contributed by atoms with Crippen LogP contribution in [0.2, 0.25) is 5.02 Å². The fraction of sp³-hybridized carbons (Fsp3) is 0.158. The van der Waals surface area contributed by atoms with Gasteiger partial charge in [0.05, 0.1) is 23.9 Å². The summed E-state index contributed by atoms with van der Waals surface area (Å²) in [4.78, 5) is 12.7. The van der Waals surface area contributed by atoms with E-state index in [0.717, 1.165) is 11.1 Å². The zero-order chi connectivity index (χ0) is 17.8. The van der Waals surface area contributed by atoms with Crippen LogP contribution >= 0.6 is 23.8 Å². The fourth-order valence-electron chi connectivity index (χ4n) is 2.73. The standard InChI is InChI=1S/C19H17ClN2O2S/c1-2-24-18(23)15-16(12-6-4-3-5-7-12)21-19(25)22-17(15)13-8-10-14(20)11-9-13/h3-11,17H,2H2,1H3,(H2,21,22,25)/t17-/m0/s1.